The lowest BCUT2D eigenvalue weighted by Crippen LogP contribution is -2.45. The number of amides is 2. The Hall–Kier alpha value is -1.88. The lowest BCUT2D eigenvalue weighted by Gasteiger charge is -2.37. The van der Waals surface area contributed by atoms with Crippen LogP contribution in [0.25, 0.3) is 0 Å². The number of aliphatic hydroxyl groups excluding tert-OH is 1. The number of nitrogens with one attached hydrogen (secondary N) is 1. The van der Waals surface area contributed by atoms with Crippen LogP contribution in [0.3, 0.4) is 0 Å². The number of hydrogen-bond donors (Lipinski definition) is 2. The van der Waals surface area contributed by atoms with Gasteiger partial charge in [-0.3, -0.25) is 9.59 Å². The highest BCUT2D eigenvalue weighted by atomic mass is 16.3. The Morgan fingerprint density at radius 3 is 2.71 bits per heavy atom. The van der Waals surface area contributed by atoms with Gasteiger partial charge < -0.3 is 15.3 Å². The monoisotopic (exact) mass is 290 g/mol. The summed E-state index contributed by atoms with van der Waals surface area (Å²) < 4.78 is 0. The average Bonchev–Trinajstić information content (AvgIpc) is 2.40. The summed E-state index contributed by atoms with van der Waals surface area (Å²) in [6.45, 7) is 2.10. The van der Waals surface area contributed by atoms with Crippen molar-refractivity contribution in [3.63, 3.8) is 0 Å². The van der Waals surface area contributed by atoms with Crippen molar-refractivity contribution in [3.05, 3.63) is 29.8 Å². The Balaban J connectivity index is 2.13. The number of nitrogens with zero attached hydrogens (tertiary/aromatic N) is 1. The van der Waals surface area contributed by atoms with Crippen LogP contribution in [0.2, 0.25) is 0 Å². The molecule has 1 aliphatic carbocycles. The zero-order chi connectivity index (χ0) is 15.2. The standard InChI is InChI=1S/C16H22N2O3/c1-12(20)17-14-6-2-5-13(11-14)16(21)18(9-4-10-19)15-7-3-8-15/h2,5-6,11,15,19H,3-4,7-10H2,1H3,(H,17,20). The first-order chi connectivity index (χ1) is 10.1. The molecule has 0 spiro atoms. The van der Waals surface area contributed by atoms with Gasteiger partial charge in [-0.05, 0) is 43.9 Å². The van der Waals surface area contributed by atoms with Crippen LogP contribution in [-0.2, 0) is 4.79 Å². The molecule has 0 atom stereocenters. The number of rotatable bonds is 6. The van der Waals surface area contributed by atoms with E-state index in [1.54, 1.807) is 24.3 Å². The molecular weight excluding hydrogens is 268 g/mol. The molecule has 2 rings (SSSR count). The second kappa shape index (κ2) is 7.22. The van der Waals surface area contributed by atoms with E-state index in [-0.39, 0.29) is 24.5 Å². The highest BCUT2D eigenvalue weighted by Gasteiger charge is 2.29. The zero-order valence-corrected chi connectivity index (χ0v) is 12.3. The van der Waals surface area contributed by atoms with Gasteiger partial charge in [-0.1, -0.05) is 6.07 Å². The molecule has 0 radical (unpaired) electrons. The van der Waals surface area contributed by atoms with Crippen LogP contribution in [-0.4, -0.2) is 41.0 Å². The minimum Gasteiger partial charge on any atom is -0.396 e. The van der Waals surface area contributed by atoms with E-state index < -0.39 is 0 Å². The number of anilines is 1. The van der Waals surface area contributed by atoms with Gasteiger partial charge in [0, 0.05) is 37.4 Å². The molecule has 0 unspecified atom stereocenters. The minimum atomic E-state index is -0.157. The van der Waals surface area contributed by atoms with Crippen LogP contribution >= 0.6 is 0 Å². The van der Waals surface area contributed by atoms with E-state index in [2.05, 4.69) is 5.32 Å². The van der Waals surface area contributed by atoms with Gasteiger partial charge in [0.05, 0.1) is 0 Å². The fourth-order valence-electron chi connectivity index (χ4n) is 2.49. The van der Waals surface area contributed by atoms with Gasteiger partial charge in [0.1, 0.15) is 0 Å². The van der Waals surface area contributed by atoms with E-state index in [0.717, 1.165) is 19.3 Å². The summed E-state index contributed by atoms with van der Waals surface area (Å²) in [6.07, 6.45) is 3.80. The first-order valence-electron chi connectivity index (χ1n) is 7.41. The second-order valence-electron chi connectivity index (χ2n) is 5.42. The highest BCUT2D eigenvalue weighted by Crippen LogP contribution is 2.26. The third-order valence-electron chi connectivity index (χ3n) is 3.76. The third-order valence-corrected chi connectivity index (χ3v) is 3.76. The number of hydrogen-bond acceptors (Lipinski definition) is 3. The molecule has 0 saturated heterocycles. The Kier molecular flexibility index (Phi) is 5.33. The molecule has 5 heteroatoms. The van der Waals surface area contributed by atoms with Crippen LogP contribution in [0.1, 0.15) is 43.0 Å². The summed E-state index contributed by atoms with van der Waals surface area (Å²) in [5, 5.41) is 11.7. The van der Waals surface area contributed by atoms with Crippen molar-refractivity contribution >= 4 is 17.5 Å². The molecule has 1 aromatic rings. The first-order valence-corrected chi connectivity index (χ1v) is 7.41. The Labute approximate surface area is 125 Å². The fraction of sp³-hybridized carbons (Fsp3) is 0.500. The van der Waals surface area contributed by atoms with Crippen LogP contribution in [0.5, 0.6) is 0 Å². The molecule has 0 aromatic heterocycles. The van der Waals surface area contributed by atoms with Crippen molar-refractivity contribution in [2.24, 2.45) is 0 Å². The predicted molar refractivity (Wildman–Crippen MR) is 81.1 cm³/mol. The summed E-state index contributed by atoms with van der Waals surface area (Å²) in [5.74, 6) is -0.184. The van der Waals surface area contributed by atoms with Crippen molar-refractivity contribution in [2.45, 2.75) is 38.6 Å². The highest BCUT2D eigenvalue weighted by molar-refractivity contribution is 5.97. The molecular formula is C16H22N2O3. The SMILES string of the molecule is CC(=O)Nc1cccc(C(=O)N(CCCO)C2CCC2)c1. The van der Waals surface area contributed by atoms with Crippen molar-refractivity contribution < 1.29 is 14.7 Å². The maximum Gasteiger partial charge on any atom is 0.254 e. The molecule has 21 heavy (non-hydrogen) atoms. The third kappa shape index (κ3) is 4.04. The van der Waals surface area contributed by atoms with Crippen LogP contribution in [0.15, 0.2) is 24.3 Å². The van der Waals surface area contributed by atoms with E-state index in [1.165, 1.54) is 6.92 Å². The lowest BCUT2D eigenvalue weighted by atomic mass is 9.90. The number of carbonyl (C=O) groups excluding carboxylic acids is 2. The summed E-state index contributed by atoms with van der Waals surface area (Å²) in [5.41, 5.74) is 1.20. The second-order valence-corrected chi connectivity index (χ2v) is 5.42. The maximum absolute atomic E-state index is 12.7. The number of benzene rings is 1. The molecule has 1 fully saturated rings. The normalized spacial score (nSPS) is 14.4. The molecule has 0 bridgehead atoms. The fourth-order valence-corrected chi connectivity index (χ4v) is 2.49. The summed E-state index contributed by atoms with van der Waals surface area (Å²) in [4.78, 5) is 25.6. The Morgan fingerprint density at radius 2 is 2.14 bits per heavy atom. The summed E-state index contributed by atoms with van der Waals surface area (Å²) in [6, 6.07) is 7.28. The van der Waals surface area contributed by atoms with E-state index in [4.69, 9.17) is 5.11 Å². The molecule has 5 nitrogen and oxygen atoms in total. The maximum atomic E-state index is 12.7. The van der Waals surface area contributed by atoms with Crippen molar-refractivity contribution in [1.29, 1.82) is 0 Å². The van der Waals surface area contributed by atoms with Gasteiger partial charge in [-0.25, -0.2) is 0 Å². The molecule has 2 amide bonds. The lowest BCUT2D eigenvalue weighted by molar-refractivity contribution is -0.114. The van der Waals surface area contributed by atoms with Gasteiger partial charge >= 0.3 is 0 Å². The topological polar surface area (TPSA) is 69.6 Å². The van der Waals surface area contributed by atoms with E-state index in [0.29, 0.717) is 24.2 Å². The van der Waals surface area contributed by atoms with Gasteiger partial charge in [0.15, 0.2) is 0 Å². The molecule has 1 aliphatic rings. The largest absolute Gasteiger partial charge is 0.396 e. The van der Waals surface area contributed by atoms with E-state index in [1.807, 2.05) is 4.90 Å². The van der Waals surface area contributed by atoms with Gasteiger partial charge in [0.2, 0.25) is 5.91 Å². The molecule has 1 saturated carbocycles. The molecule has 2 N–H and O–H groups in total. The van der Waals surface area contributed by atoms with Gasteiger partial charge in [-0.2, -0.15) is 0 Å². The van der Waals surface area contributed by atoms with Gasteiger partial charge in [0.25, 0.3) is 5.91 Å². The predicted octanol–water partition coefficient (Wildman–Crippen LogP) is 2.02. The number of carbonyl (C=O) groups is 2. The summed E-state index contributed by atoms with van der Waals surface area (Å²) in [7, 11) is 0. The Bertz CT molecular complexity index is 512. The quantitative estimate of drug-likeness (QED) is 0.842. The molecule has 0 heterocycles. The van der Waals surface area contributed by atoms with Crippen molar-refractivity contribution in [1.82, 2.24) is 4.90 Å². The first kappa shape index (κ1) is 15.5. The van der Waals surface area contributed by atoms with E-state index >= 15 is 0 Å². The molecule has 114 valence electrons. The van der Waals surface area contributed by atoms with Crippen molar-refractivity contribution in [3.8, 4) is 0 Å². The smallest absolute Gasteiger partial charge is 0.254 e. The van der Waals surface area contributed by atoms with Crippen LogP contribution in [0, 0.1) is 0 Å². The average molecular weight is 290 g/mol. The molecule has 1 aromatic carbocycles. The molecule has 0 aliphatic heterocycles. The number of aliphatic hydroxyl groups is 1. The van der Waals surface area contributed by atoms with Crippen LogP contribution < -0.4 is 5.32 Å². The van der Waals surface area contributed by atoms with Crippen LogP contribution in [0.4, 0.5) is 5.69 Å². The Morgan fingerprint density at radius 1 is 1.38 bits per heavy atom. The minimum absolute atomic E-state index is 0.0275. The summed E-state index contributed by atoms with van der Waals surface area (Å²) >= 11 is 0. The van der Waals surface area contributed by atoms with Gasteiger partial charge in [-0.15, -0.1) is 0 Å². The van der Waals surface area contributed by atoms with E-state index in [9.17, 15) is 9.59 Å². The zero-order valence-electron chi connectivity index (χ0n) is 12.3. The van der Waals surface area contributed by atoms with Crippen molar-refractivity contribution in [2.75, 3.05) is 18.5 Å².